The molecular formula is C13H19N3O. The minimum absolute atomic E-state index is 0.213. The topological polar surface area (TPSA) is 77.1 Å². The second-order valence-electron chi connectivity index (χ2n) is 4.28. The fraction of sp³-hybridized carbons (Fsp3) is 0.385. The van der Waals surface area contributed by atoms with Gasteiger partial charge in [-0.25, -0.2) is 0 Å². The summed E-state index contributed by atoms with van der Waals surface area (Å²) in [5.41, 5.74) is 13.5. The standard InChI is InChI=1S/C13H19N3O/c1-17-10-5-6-12-11(7-10)9(8-16-12)3-2-4-13(14)15/h5-8,13,16H,2-4,14-15H2,1H3. The van der Waals surface area contributed by atoms with Crippen LogP contribution in [0.4, 0.5) is 0 Å². The Morgan fingerprint density at radius 1 is 1.35 bits per heavy atom. The maximum atomic E-state index is 5.54. The predicted octanol–water partition coefficient (Wildman–Crippen LogP) is 1.74. The third-order valence-electron chi connectivity index (χ3n) is 2.96. The first-order valence-electron chi connectivity index (χ1n) is 5.86. The molecule has 2 aromatic rings. The van der Waals surface area contributed by atoms with Gasteiger partial charge in [-0.2, -0.15) is 0 Å². The third-order valence-corrected chi connectivity index (χ3v) is 2.96. The summed E-state index contributed by atoms with van der Waals surface area (Å²) in [7, 11) is 1.68. The normalized spacial score (nSPS) is 11.3. The van der Waals surface area contributed by atoms with Crippen LogP contribution < -0.4 is 16.2 Å². The van der Waals surface area contributed by atoms with Crippen LogP contribution in [-0.2, 0) is 6.42 Å². The molecule has 0 radical (unpaired) electrons. The van der Waals surface area contributed by atoms with Gasteiger partial charge in [-0.1, -0.05) is 0 Å². The summed E-state index contributed by atoms with van der Waals surface area (Å²) in [5, 5.41) is 1.22. The van der Waals surface area contributed by atoms with Gasteiger partial charge in [-0.05, 0) is 43.0 Å². The van der Waals surface area contributed by atoms with E-state index in [2.05, 4.69) is 11.1 Å². The number of aryl methyl sites for hydroxylation is 1. The van der Waals surface area contributed by atoms with E-state index in [1.165, 1.54) is 10.9 Å². The van der Waals surface area contributed by atoms with Gasteiger partial charge in [-0.15, -0.1) is 0 Å². The van der Waals surface area contributed by atoms with Crippen LogP contribution >= 0.6 is 0 Å². The Balaban J connectivity index is 2.16. The quantitative estimate of drug-likeness (QED) is 0.688. The predicted molar refractivity (Wildman–Crippen MR) is 70.0 cm³/mol. The lowest BCUT2D eigenvalue weighted by atomic mass is 10.1. The molecule has 0 saturated carbocycles. The maximum Gasteiger partial charge on any atom is 0.119 e. The van der Waals surface area contributed by atoms with E-state index < -0.39 is 0 Å². The molecule has 1 heterocycles. The number of hydrogen-bond donors (Lipinski definition) is 3. The molecule has 2 rings (SSSR count). The zero-order valence-corrected chi connectivity index (χ0v) is 10.1. The maximum absolute atomic E-state index is 5.54. The van der Waals surface area contributed by atoms with Gasteiger partial charge in [0.1, 0.15) is 5.75 Å². The minimum atomic E-state index is -0.213. The lowest BCUT2D eigenvalue weighted by Gasteiger charge is -2.04. The van der Waals surface area contributed by atoms with Crippen molar-refractivity contribution in [1.82, 2.24) is 4.98 Å². The molecule has 92 valence electrons. The Morgan fingerprint density at radius 2 is 2.18 bits per heavy atom. The molecule has 0 aliphatic heterocycles. The van der Waals surface area contributed by atoms with Crippen LogP contribution in [0.25, 0.3) is 10.9 Å². The largest absolute Gasteiger partial charge is 0.497 e. The van der Waals surface area contributed by atoms with E-state index in [4.69, 9.17) is 16.2 Å². The molecule has 0 spiro atoms. The van der Waals surface area contributed by atoms with Crippen LogP contribution in [-0.4, -0.2) is 18.3 Å². The summed E-state index contributed by atoms with van der Waals surface area (Å²) < 4.78 is 5.24. The SMILES string of the molecule is COc1ccc2[nH]cc(CCCC(N)N)c2c1. The molecule has 17 heavy (non-hydrogen) atoms. The average molecular weight is 233 g/mol. The monoisotopic (exact) mass is 233 g/mol. The van der Waals surface area contributed by atoms with Crippen LogP contribution in [0.15, 0.2) is 24.4 Å². The lowest BCUT2D eigenvalue weighted by molar-refractivity contribution is 0.415. The smallest absolute Gasteiger partial charge is 0.119 e. The van der Waals surface area contributed by atoms with E-state index in [0.717, 1.165) is 30.5 Å². The second-order valence-corrected chi connectivity index (χ2v) is 4.28. The van der Waals surface area contributed by atoms with E-state index in [1.807, 2.05) is 18.3 Å². The number of rotatable bonds is 5. The summed E-state index contributed by atoms with van der Waals surface area (Å²) in [6.07, 6.45) is 4.66. The number of ether oxygens (including phenoxy) is 1. The number of H-pyrrole nitrogens is 1. The van der Waals surface area contributed by atoms with E-state index in [9.17, 15) is 0 Å². The zero-order valence-electron chi connectivity index (χ0n) is 10.1. The Labute approximate surface area is 101 Å². The van der Waals surface area contributed by atoms with Gasteiger partial charge in [-0.3, -0.25) is 0 Å². The molecular weight excluding hydrogens is 214 g/mol. The van der Waals surface area contributed by atoms with Crippen molar-refractivity contribution in [3.05, 3.63) is 30.0 Å². The summed E-state index contributed by atoms with van der Waals surface area (Å²) in [5.74, 6) is 0.883. The van der Waals surface area contributed by atoms with Crippen molar-refractivity contribution in [2.45, 2.75) is 25.4 Å². The summed E-state index contributed by atoms with van der Waals surface area (Å²) in [4.78, 5) is 3.26. The minimum Gasteiger partial charge on any atom is -0.497 e. The molecule has 0 saturated heterocycles. The number of methoxy groups -OCH3 is 1. The highest BCUT2D eigenvalue weighted by Crippen LogP contribution is 2.24. The first kappa shape index (κ1) is 12.0. The van der Waals surface area contributed by atoms with Crippen LogP contribution in [0.1, 0.15) is 18.4 Å². The van der Waals surface area contributed by atoms with Gasteiger partial charge in [0.05, 0.1) is 13.3 Å². The Kier molecular flexibility index (Phi) is 3.66. The number of fused-ring (bicyclic) bond motifs is 1. The van der Waals surface area contributed by atoms with E-state index in [-0.39, 0.29) is 6.17 Å². The molecule has 4 nitrogen and oxygen atoms in total. The van der Waals surface area contributed by atoms with Crippen LogP contribution in [0.2, 0.25) is 0 Å². The first-order valence-corrected chi connectivity index (χ1v) is 5.86. The summed E-state index contributed by atoms with van der Waals surface area (Å²) >= 11 is 0. The third kappa shape index (κ3) is 2.78. The number of nitrogens with one attached hydrogen (secondary N) is 1. The van der Waals surface area contributed by atoms with Gasteiger partial charge in [0.2, 0.25) is 0 Å². The second kappa shape index (κ2) is 5.21. The van der Waals surface area contributed by atoms with Crippen molar-refractivity contribution in [2.75, 3.05) is 7.11 Å². The molecule has 0 amide bonds. The van der Waals surface area contributed by atoms with Gasteiger partial charge in [0, 0.05) is 17.1 Å². The zero-order chi connectivity index (χ0) is 12.3. The molecule has 0 unspecified atom stereocenters. The van der Waals surface area contributed by atoms with Crippen LogP contribution in [0, 0.1) is 0 Å². The van der Waals surface area contributed by atoms with Crippen molar-refractivity contribution in [3.8, 4) is 5.75 Å². The highest BCUT2D eigenvalue weighted by molar-refractivity contribution is 5.84. The molecule has 1 aromatic heterocycles. The van der Waals surface area contributed by atoms with Gasteiger partial charge in [0.15, 0.2) is 0 Å². The molecule has 0 bridgehead atoms. The van der Waals surface area contributed by atoms with Crippen molar-refractivity contribution >= 4 is 10.9 Å². The molecule has 0 fully saturated rings. The average Bonchev–Trinajstić information content (AvgIpc) is 2.71. The van der Waals surface area contributed by atoms with Crippen LogP contribution in [0.5, 0.6) is 5.75 Å². The van der Waals surface area contributed by atoms with Crippen molar-refractivity contribution < 1.29 is 4.74 Å². The number of hydrogen-bond acceptors (Lipinski definition) is 3. The highest BCUT2D eigenvalue weighted by Gasteiger charge is 2.05. The van der Waals surface area contributed by atoms with E-state index >= 15 is 0 Å². The number of benzene rings is 1. The molecule has 5 N–H and O–H groups in total. The Bertz CT molecular complexity index is 490. The molecule has 0 atom stereocenters. The van der Waals surface area contributed by atoms with Crippen LogP contribution in [0.3, 0.4) is 0 Å². The summed E-state index contributed by atoms with van der Waals surface area (Å²) in [6.45, 7) is 0. The van der Waals surface area contributed by atoms with Crippen molar-refractivity contribution in [3.63, 3.8) is 0 Å². The number of aromatic amines is 1. The molecule has 4 heteroatoms. The van der Waals surface area contributed by atoms with Crippen molar-refractivity contribution in [2.24, 2.45) is 11.5 Å². The first-order chi connectivity index (χ1) is 8.20. The summed E-state index contributed by atoms with van der Waals surface area (Å²) in [6, 6.07) is 6.05. The van der Waals surface area contributed by atoms with Gasteiger partial charge in [0.25, 0.3) is 0 Å². The van der Waals surface area contributed by atoms with Gasteiger partial charge < -0.3 is 21.2 Å². The fourth-order valence-electron chi connectivity index (χ4n) is 2.02. The van der Waals surface area contributed by atoms with Crippen molar-refractivity contribution in [1.29, 1.82) is 0 Å². The number of aromatic nitrogens is 1. The highest BCUT2D eigenvalue weighted by atomic mass is 16.5. The Hall–Kier alpha value is -1.52. The van der Waals surface area contributed by atoms with E-state index in [0.29, 0.717) is 0 Å². The molecule has 0 aliphatic carbocycles. The Morgan fingerprint density at radius 3 is 2.88 bits per heavy atom. The molecule has 0 aliphatic rings. The van der Waals surface area contributed by atoms with Gasteiger partial charge >= 0.3 is 0 Å². The fourth-order valence-corrected chi connectivity index (χ4v) is 2.02. The lowest BCUT2D eigenvalue weighted by Crippen LogP contribution is -2.30. The number of nitrogens with two attached hydrogens (primary N) is 2. The molecule has 1 aromatic carbocycles. The van der Waals surface area contributed by atoms with E-state index in [1.54, 1.807) is 7.11 Å².